The van der Waals surface area contributed by atoms with Crippen molar-refractivity contribution in [2.45, 2.75) is 27.2 Å². The fourth-order valence-electron chi connectivity index (χ4n) is 1.43. The van der Waals surface area contributed by atoms with Crippen LogP contribution < -0.4 is 5.32 Å². The Balaban J connectivity index is 2.18. The van der Waals surface area contributed by atoms with Gasteiger partial charge in [0.05, 0.1) is 0 Å². The minimum atomic E-state index is 0.610. The maximum Gasteiger partial charge on any atom is 0.128 e. The number of pyridine rings is 1. The molecule has 0 fully saturated rings. The molecule has 1 heterocycles. The van der Waals surface area contributed by atoms with Crippen LogP contribution in [0.2, 0.25) is 0 Å². The SMILES string of the molecule is Cc1cc(Br)cnc1NCCCOCC(C)C. The van der Waals surface area contributed by atoms with Gasteiger partial charge in [-0.1, -0.05) is 13.8 Å². The lowest BCUT2D eigenvalue weighted by molar-refractivity contribution is 0.110. The van der Waals surface area contributed by atoms with Crippen LogP contribution in [-0.4, -0.2) is 24.7 Å². The van der Waals surface area contributed by atoms with E-state index in [9.17, 15) is 0 Å². The molecule has 0 aliphatic rings. The predicted molar refractivity (Wildman–Crippen MR) is 75.4 cm³/mol. The third-order valence-corrected chi connectivity index (χ3v) is 2.69. The molecule has 4 heteroatoms. The molecule has 0 amide bonds. The number of hydrogen-bond donors (Lipinski definition) is 1. The van der Waals surface area contributed by atoms with E-state index in [1.54, 1.807) is 0 Å². The number of anilines is 1. The van der Waals surface area contributed by atoms with Gasteiger partial charge in [0.1, 0.15) is 5.82 Å². The molecule has 0 saturated heterocycles. The van der Waals surface area contributed by atoms with E-state index >= 15 is 0 Å². The zero-order chi connectivity index (χ0) is 12.7. The van der Waals surface area contributed by atoms with E-state index in [0.717, 1.165) is 42.0 Å². The summed E-state index contributed by atoms with van der Waals surface area (Å²) in [7, 11) is 0. The standard InChI is InChI=1S/C13H21BrN2O/c1-10(2)9-17-6-4-5-15-13-11(3)7-12(14)8-16-13/h7-8,10H,4-6,9H2,1-3H3,(H,15,16). The summed E-state index contributed by atoms with van der Waals surface area (Å²) in [6.07, 6.45) is 2.81. The van der Waals surface area contributed by atoms with Gasteiger partial charge < -0.3 is 10.1 Å². The van der Waals surface area contributed by atoms with Gasteiger partial charge in [-0.25, -0.2) is 4.98 Å². The third-order valence-electron chi connectivity index (χ3n) is 2.25. The summed E-state index contributed by atoms with van der Waals surface area (Å²) in [5.74, 6) is 1.57. The Morgan fingerprint density at radius 2 is 2.24 bits per heavy atom. The van der Waals surface area contributed by atoms with E-state index in [1.807, 2.05) is 6.20 Å². The molecule has 0 unspecified atom stereocenters. The van der Waals surface area contributed by atoms with E-state index in [1.165, 1.54) is 0 Å². The van der Waals surface area contributed by atoms with Gasteiger partial charge in [-0.2, -0.15) is 0 Å². The van der Waals surface area contributed by atoms with Crippen molar-refractivity contribution in [3.63, 3.8) is 0 Å². The summed E-state index contributed by atoms with van der Waals surface area (Å²) in [6, 6.07) is 2.06. The van der Waals surface area contributed by atoms with Crippen molar-refractivity contribution in [1.82, 2.24) is 4.98 Å². The van der Waals surface area contributed by atoms with Gasteiger partial charge >= 0.3 is 0 Å². The van der Waals surface area contributed by atoms with E-state index in [0.29, 0.717) is 5.92 Å². The molecule has 0 spiro atoms. The van der Waals surface area contributed by atoms with Gasteiger partial charge in [-0.3, -0.25) is 0 Å². The number of ether oxygens (including phenoxy) is 1. The van der Waals surface area contributed by atoms with Gasteiger partial charge in [-0.15, -0.1) is 0 Å². The molecule has 1 rings (SSSR count). The van der Waals surface area contributed by atoms with Crippen LogP contribution >= 0.6 is 15.9 Å². The van der Waals surface area contributed by atoms with Gasteiger partial charge in [0.15, 0.2) is 0 Å². The smallest absolute Gasteiger partial charge is 0.128 e. The fourth-order valence-corrected chi connectivity index (χ4v) is 1.87. The molecule has 0 saturated carbocycles. The average Bonchev–Trinajstić information content (AvgIpc) is 2.25. The minimum absolute atomic E-state index is 0.610. The number of hydrogen-bond acceptors (Lipinski definition) is 3. The molecule has 1 N–H and O–H groups in total. The number of aryl methyl sites for hydroxylation is 1. The minimum Gasteiger partial charge on any atom is -0.381 e. The van der Waals surface area contributed by atoms with Crippen LogP contribution in [0.25, 0.3) is 0 Å². The first kappa shape index (κ1) is 14.5. The lowest BCUT2D eigenvalue weighted by atomic mass is 10.2. The number of rotatable bonds is 7. The van der Waals surface area contributed by atoms with Crippen LogP contribution in [0.4, 0.5) is 5.82 Å². The zero-order valence-electron chi connectivity index (χ0n) is 10.8. The Kier molecular flexibility index (Phi) is 6.52. The van der Waals surface area contributed by atoms with E-state index < -0.39 is 0 Å². The topological polar surface area (TPSA) is 34.2 Å². The molecule has 0 bridgehead atoms. The van der Waals surface area contributed by atoms with Crippen molar-refractivity contribution in [3.8, 4) is 0 Å². The molecular formula is C13H21BrN2O. The van der Waals surface area contributed by atoms with Crippen LogP contribution in [0.5, 0.6) is 0 Å². The highest BCUT2D eigenvalue weighted by Crippen LogP contribution is 2.16. The van der Waals surface area contributed by atoms with Gasteiger partial charge in [0.2, 0.25) is 0 Å². The summed E-state index contributed by atoms with van der Waals surface area (Å²) in [6.45, 7) is 8.92. The number of halogens is 1. The van der Waals surface area contributed by atoms with Crippen molar-refractivity contribution in [2.24, 2.45) is 5.92 Å². The Hall–Kier alpha value is -0.610. The molecule has 0 aliphatic heterocycles. The van der Waals surface area contributed by atoms with Crippen molar-refractivity contribution in [3.05, 3.63) is 22.3 Å². The molecule has 0 aromatic carbocycles. The van der Waals surface area contributed by atoms with Crippen LogP contribution in [0.3, 0.4) is 0 Å². The molecule has 3 nitrogen and oxygen atoms in total. The fraction of sp³-hybridized carbons (Fsp3) is 0.615. The third kappa shape index (κ3) is 6.03. The van der Waals surface area contributed by atoms with E-state index in [-0.39, 0.29) is 0 Å². The monoisotopic (exact) mass is 300 g/mol. The normalized spacial score (nSPS) is 10.9. The Labute approximate surface area is 112 Å². The number of nitrogens with zero attached hydrogens (tertiary/aromatic N) is 1. The largest absolute Gasteiger partial charge is 0.381 e. The highest BCUT2D eigenvalue weighted by atomic mass is 79.9. The first-order chi connectivity index (χ1) is 8.09. The van der Waals surface area contributed by atoms with Crippen molar-refractivity contribution < 1.29 is 4.74 Å². The Bertz CT molecular complexity index is 342. The van der Waals surface area contributed by atoms with Gasteiger partial charge in [0.25, 0.3) is 0 Å². The maximum atomic E-state index is 5.51. The summed E-state index contributed by atoms with van der Waals surface area (Å²) in [4.78, 5) is 4.33. The lowest BCUT2D eigenvalue weighted by Gasteiger charge is -2.09. The van der Waals surface area contributed by atoms with Crippen LogP contribution in [0, 0.1) is 12.8 Å². The summed E-state index contributed by atoms with van der Waals surface area (Å²) in [5, 5.41) is 3.32. The van der Waals surface area contributed by atoms with Crippen LogP contribution in [-0.2, 0) is 4.74 Å². The zero-order valence-corrected chi connectivity index (χ0v) is 12.4. The summed E-state index contributed by atoms with van der Waals surface area (Å²) in [5.41, 5.74) is 1.16. The quantitative estimate of drug-likeness (QED) is 0.781. The van der Waals surface area contributed by atoms with Crippen molar-refractivity contribution in [2.75, 3.05) is 25.1 Å². The summed E-state index contributed by atoms with van der Waals surface area (Å²) < 4.78 is 6.53. The first-order valence-electron chi connectivity index (χ1n) is 6.03. The first-order valence-corrected chi connectivity index (χ1v) is 6.82. The van der Waals surface area contributed by atoms with Crippen molar-refractivity contribution >= 4 is 21.7 Å². The Morgan fingerprint density at radius 1 is 1.47 bits per heavy atom. The average molecular weight is 301 g/mol. The summed E-state index contributed by atoms with van der Waals surface area (Å²) >= 11 is 3.40. The van der Waals surface area contributed by atoms with Gasteiger partial charge in [0, 0.05) is 30.4 Å². The molecule has 0 radical (unpaired) electrons. The Morgan fingerprint density at radius 3 is 2.88 bits per heavy atom. The van der Waals surface area contributed by atoms with Crippen LogP contribution in [0.1, 0.15) is 25.8 Å². The van der Waals surface area contributed by atoms with E-state index in [4.69, 9.17) is 4.74 Å². The lowest BCUT2D eigenvalue weighted by Crippen LogP contribution is -2.09. The molecule has 0 atom stereocenters. The highest BCUT2D eigenvalue weighted by molar-refractivity contribution is 9.10. The second kappa shape index (κ2) is 7.67. The molecular weight excluding hydrogens is 280 g/mol. The maximum absolute atomic E-state index is 5.51. The number of aromatic nitrogens is 1. The molecule has 1 aromatic heterocycles. The van der Waals surface area contributed by atoms with Crippen LogP contribution in [0.15, 0.2) is 16.7 Å². The van der Waals surface area contributed by atoms with Gasteiger partial charge in [-0.05, 0) is 46.8 Å². The molecule has 96 valence electrons. The second-order valence-electron chi connectivity index (χ2n) is 4.57. The highest BCUT2D eigenvalue weighted by Gasteiger charge is 1.99. The van der Waals surface area contributed by atoms with Crippen molar-refractivity contribution in [1.29, 1.82) is 0 Å². The molecule has 1 aromatic rings. The van der Waals surface area contributed by atoms with E-state index in [2.05, 4.69) is 53.1 Å². The molecule has 17 heavy (non-hydrogen) atoms. The molecule has 0 aliphatic carbocycles. The number of nitrogens with one attached hydrogen (secondary N) is 1. The second-order valence-corrected chi connectivity index (χ2v) is 5.48. The predicted octanol–water partition coefficient (Wildman–Crippen LogP) is 3.63.